The van der Waals surface area contributed by atoms with E-state index in [2.05, 4.69) is 26.0 Å². The Kier molecular flexibility index (Phi) is 6.61. The van der Waals surface area contributed by atoms with E-state index in [9.17, 15) is 14.4 Å². The van der Waals surface area contributed by atoms with Crippen LogP contribution in [-0.4, -0.2) is 43.6 Å². The number of ether oxygens (including phenoxy) is 3. The number of halogens is 1. The molecule has 0 atom stereocenters. The van der Waals surface area contributed by atoms with Crippen molar-refractivity contribution >= 4 is 39.9 Å². The molecule has 0 bridgehead atoms. The topological polar surface area (TPSA) is 131 Å². The minimum Gasteiger partial charge on any atom is -0.493 e. The lowest BCUT2D eigenvalue weighted by atomic mass is 10.1. The van der Waals surface area contributed by atoms with Gasteiger partial charge in [-0.25, -0.2) is 9.59 Å². The number of nitriles is 1. The Morgan fingerprint density at radius 2 is 2.10 bits per heavy atom. The minimum absolute atomic E-state index is 0.00768. The molecule has 1 fully saturated rings. The van der Waals surface area contributed by atoms with Crippen molar-refractivity contribution in [3.8, 4) is 17.6 Å². The number of nitrogens with one attached hydrogen (secondary N) is 1. The third-order valence-corrected chi connectivity index (χ3v) is 4.63. The second-order valence-electron chi connectivity index (χ2n) is 6.11. The van der Waals surface area contributed by atoms with Gasteiger partial charge in [-0.1, -0.05) is 15.9 Å². The predicted octanol–water partition coefficient (Wildman–Crippen LogP) is 2.83. The molecule has 2 heterocycles. The molecule has 1 aliphatic rings. The Morgan fingerprint density at radius 1 is 1.32 bits per heavy atom. The molecule has 1 aromatic heterocycles. The maximum absolute atomic E-state index is 12.8. The number of hydrogen-bond donors (Lipinski definition) is 1. The Morgan fingerprint density at radius 3 is 2.77 bits per heavy atom. The van der Waals surface area contributed by atoms with Crippen LogP contribution in [0, 0.1) is 11.3 Å². The quantitative estimate of drug-likeness (QED) is 0.356. The first-order valence-corrected chi connectivity index (χ1v) is 9.56. The zero-order chi connectivity index (χ0) is 22.5. The van der Waals surface area contributed by atoms with Crippen LogP contribution in [-0.2, 0) is 16.1 Å². The molecular formula is C20H16BrN3O7. The smallest absolute Gasteiger partial charge is 0.373 e. The molecule has 2 aromatic rings. The zero-order valence-corrected chi connectivity index (χ0v) is 18.0. The molecule has 3 amide bonds. The van der Waals surface area contributed by atoms with Gasteiger partial charge in [-0.05, 0) is 30.3 Å². The molecule has 1 saturated heterocycles. The second-order valence-corrected chi connectivity index (χ2v) is 7.03. The monoisotopic (exact) mass is 489 g/mol. The van der Waals surface area contributed by atoms with Gasteiger partial charge in [0.2, 0.25) is 5.76 Å². The van der Waals surface area contributed by atoms with Crippen LogP contribution in [0.1, 0.15) is 21.9 Å². The van der Waals surface area contributed by atoms with E-state index in [0.717, 1.165) is 4.90 Å². The molecular weight excluding hydrogens is 474 g/mol. The van der Waals surface area contributed by atoms with Crippen molar-refractivity contribution in [1.82, 2.24) is 10.2 Å². The Bertz CT molecular complexity index is 1120. The SMILES string of the molecule is COC(=O)c1ccc(CN2C(=O)NC(=Cc3cc(Br)cc(OC)c3OCC#N)C2=O)o1. The van der Waals surface area contributed by atoms with E-state index in [1.807, 2.05) is 6.07 Å². The van der Waals surface area contributed by atoms with Crippen LogP contribution in [0.4, 0.5) is 4.79 Å². The fourth-order valence-electron chi connectivity index (χ4n) is 2.81. The van der Waals surface area contributed by atoms with E-state index >= 15 is 0 Å². The summed E-state index contributed by atoms with van der Waals surface area (Å²) in [6, 6.07) is 7.37. The van der Waals surface area contributed by atoms with Gasteiger partial charge in [0.15, 0.2) is 18.1 Å². The third-order valence-electron chi connectivity index (χ3n) is 4.17. The standard InChI is InChI=1S/C20H16BrN3O7/c1-28-16-9-12(21)7-11(17(16)30-6-5-22)8-14-18(25)24(20(27)23-14)10-13-3-4-15(31-13)19(26)29-2/h3-4,7-9H,6,10H2,1-2H3,(H,23,27). The summed E-state index contributed by atoms with van der Waals surface area (Å²) >= 11 is 3.35. The lowest BCUT2D eigenvalue weighted by Gasteiger charge is -2.12. The summed E-state index contributed by atoms with van der Waals surface area (Å²) < 4.78 is 21.2. The van der Waals surface area contributed by atoms with Crippen LogP contribution < -0.4 is 14.8 Å². The summed E-state index contributed by atoms with van der Waals surface area (Å²) in [6.07, 6.45) is 1.42. The number of hydrogen-bond acceptors (Lipinski definition) is 8. The maximum Gasteiger partial charge on any atom is 0.373 e. The summed E-state index contributed by atoms with van der Waals surface area (Å²) in [5.41, 5.74) is 0.407. The van der Waals surface area contributed by atoms with Crippen LogP contribution in [0.5, 0.6) is 11.5 Å². The van der Waals surface area contributed by atoms with Gasteiger partial charge in [0.1, 0.15) is 17.5 Å². The third kappa shape index (κ3) is 4.70. The molecule has 0 radical (unpaired) electrons. The second kappa shape index (κ2) is 9.36. The normalized spacial score (nSPS) is 14.4. The first kappa shape index (κ1) is 21.9. The van der Waals surface area contributed by atoms with Gasteiger partial charge in [0.05, 0.1) is 20.8 Å². The molecule has 3 rings (SSSR count). The number of carbonyl (C=O) groups is 3. The van der Waals surface area contributed by atoms with Crippen molar-refractivity contribution in [2.75, 3.05) is 20.8 Å². The molecule has 160 valence electrons. The van der Waals surface area contributed by atoms with E-state index in [1.54, 1.807) is 12.1 Å². The first-order valence-electron chi connectivity index (χ1n) is 8.76. The molecule has 1 aromatic carbocycles. The number of imide groups is 1. The van der Waals surface area contributed by atoms with E-state index < -0.39 is 17.9 Å². The minimum atomic E-state index is -0.669. The highest BCUT2D eigenvalue weighted by Crippen LogP contribution is 2.36. The summed E-state index contributed by atoms with van der Waals surface area (Å²) in [6.45, 7) is -0.416. The Hall–Kier alpha value is -3.78. The lowest BCUT2D eigenvalue weighted by molar-refractivity contribution is -0.123. The van der Waals surface area contributed by atoms with Gasteiger partial charge >= 0.3 is 12.0 Å². The molecule has 0 saturated carbocycles. The number of esters is 1. The van der Waals surface area contributed by atoms with Crippen LogP contribution in [0.2, 0.25) is 0 Å². The number of urea groups is 1. The summed E-state index contributed by atoms with van der Waals surface area (Å²) in [5.74, 6) is -0.498. The summed E-state index contributed by atoms with van der Waals surface area (Å²) in [7, 11) is 2.65. The fraction of sp³-hybridized carbons (Fsp3) is 0.200. The average Bonchev–Trinajstić information content (AvgIpc) is 3.32. The maximum atomic E-state index is 12.8. The number of rotatable bonds is 7. The fourth-order valence-corrected chi connectivity index (χ4v) is 3.26. The van der Waals surface area contributed by atoms with Gasteiger partial charge in [0, 0.05) is 10.0 Å². The highest BCUT2D eigenvalue weighted by molar-refractivity contribution is 9.10. The number of amides is 3. The van der Waals surface area contributed by atoms with E-state index in [4.69, 9.17) is 19.2 Å². The lowest BCUT2D eigenvalue weighted by Crippen LogP contribution is -2.30. The number of furan rings is 1. The molecule has 1 N–H and O–H groups in total. The highest BCUT2D eigenvalue weighted by atomic mass is 79.9. The van der Waals surface area contributed by atoms with Crippen molar-refractivity contribution in [3.63, 3.8) is 0 Å². The predicted molar refractivity (Wildman–Crippen MR) is 109 cm³/mol. The molecule has 10 nitrogen and oxygen atoms in total. The Labute approximate surface area is 185 Å². The number of methoxy groups -OCH3 is 2. The molecule has 0 unspecified atom stereocenters. The van der Waals surface area contributed by atoms with Crippen molar-refractivity contribution in [2.45, 2.75) is 6.54 Å². The first-order chi connectivity index (χ1) is 14.9. The van der Waals surface area contributed by atoms with E-state index in [0.29, 0.717) is 15.8 Å². The zero-order valence-electron chi connectivity index (χ0n) is 16.4. The Balaban J connectivity index is 1.88. The van der Waals surface area contributed by atoms with Gasteiger partial charge in [-0.2, -0.15) is 5.26 Å². The number of nitrogens with zero attached hydrogens (tertiary/aromatic N) is 2. The van der Waals surface area contributed by atoms with Crippen molar-refractivity contribution in [1.29, 1.82) is 5.26 Å². The molecule has 0 spiro atoms. The molecule has 31 heavy (non-hydrogen) atoms. The van der Waals surface area contributed by atoms with Crippen molar-refractivity contribution in [2.24, 2.45) is 0 Å². The van der Waals surface area contributed by atoms with Crippen LogP contribution in [0.15, 0.2) is 38.9 Å². The van der Waals surface area contributed by atoms with Gasteiger partial charge in [0.25, 0.3) is 5.91 Å². The van der Waals surface area contributed by atoms with Crippen molar-refractivity contribution in [3.05, 3.63) is 51.5 Å². The summed E-state index contributed by atoms with van der Waals surface area (Å²) in [4.78, 5) is 37.6. The van der Waals surface area contributed by atoms with Gasteiger partial charge < -0.3 is 23.9 Å². The number of carbonyl (C=O) groups excluding carboxylic acids is 3. The molecule has 1 aliphatic heterocycles. The van der Waals surface area contributed by atoms with Crippen LogP contribution in [0.3, 0.4) is 0 Å². The van der Waals surface area contributed by atoms with Gasteiger partial charge in [-0.3, -0.25) is 9.69 Å². The van der Waals surface area contributed by atoms with Gasteiger partial charge in [-0.15, -0.1) is 0 Å². The van der Waals surface area contributed by atoms with Crippen LogP contribution in [0.25, 0.3) is 6.08 Å². The molecule has 11 heteroatoms. The highest BCUT2D eigenvalue weighted by Gasteiger charge is 2.34. The average molecular weight is 490 g/mol. The van der Waals surface area contributed by atoms with Crippen molar-refractivity contribution < 1.29 is 33.0 Å². The summed E-state index contributed by atoms with van der Waals surface area (Å²) in [5, 5.41) is 11.3. The van der Waals surface area contributed by atoms with Crippen LogP contribution >= 0.6 is 15.9 Å². The van der Waals surface area contributed by atoms with E-state index in [-0.39, 0.29) is 36.1 Å². The largest absolute Gasteiger partial charge is 0.493 e. The van der Waals surface area contributed by atoms with E-state index in [1.165, 1.54) is 32.4 Å². The molecule has 0 aliphatic carbocycles. The number of benzene rings is 1.